The monoisotopic (exact) mass is 269 g/mol. The third-order valence-electron chi connectivity index (χ3n) is 2.74. The largest absolute Gasteiger partial charge is 0.493 e. The number of carbonyl (C=O) groups excluding carboxylic acids is 1. The zero-order valence-electron chi connectivity index (χ0n) is 10.1. The lowest BCUT2D eigenvalue weighted by Gasteiger charge is -2.08. The molecule has 18 heavy (non-hydrogen) atoms. The highest BCUT2D eigenvalue weighted by atomic mass is 35.5. The number of rotatable bonds is 6. The molecule has 98 valence electrons. The van der Waals surface area contributed by atoms with Crippen LogP contribution in [0.15, 0.2) is 12.1 Å². The Labute approximate surface area is 111 Å². The van der Waals surface area contributed by atoms with Gasteiger partial charge in [-0.25, -0.2) is 0 Å². The molecule has 0 aliphatic carbocycles. The molecule has 1 aromatic rings. The Balaban J connectivity index is 2.03. The highest BCUT2D eigenvalue weighted by Gasteiger charge is 2.19. The maximum atomic E-state index is 11.7. The van der Waals surface area contributed by atoms with E-state index in [1.165, 1.54) is 0 Å². The summed E-state index contributed by atoms with van der Waals surface area (Å²) in [6.45, 7) is 1.55. The molecular formula is C13H16ClNO3. The van der Waals surface area contributed by atoms with Crippen molar-refractivity contribution in [3.05, 3.63) is 28.3 Å². The first-order chi connectivity index (χ1) is 8.70. The number of nitrogens with two attached hydrogens (primary N) is 1. The van der Waals surface area contributed by atoms with Crippen molar-refractivity contribution in [3.8, 4) is 5.75 Å². The second-order valence-corrected chi connectivity index (χ2v) is 4.64. The van der Waals surface area contributed by atoms with E-state index in [-0.39, 0.29) is 18.8 Å². The molecule has 0 fully saturated rings. The van der Waals surface area contributed by atoms with Crippen LogP contribution in [-0.4, -0.2) is 32.1 Å². The van der Waals surface area contributed by atoms with Crippen molar-refractivity contribution in [3.63, 3.8) is 0 Å². The fraction of sp³-hybridized carbons (Fsp3) is 0.462. The predicted octanol–water partition coefficient (Wildman–Crippen LogP) is 1.36. The Morgan fingerprint density at radius 1 is 1.50 bits per heavy atom. The number of ether oxygens (including phenoxy) is 2. The molecule has 4 nitrogen and oxygen atoms in total. The van der Waals surface area contributed by atoms with Crippen LogP contribution < -0.4 is 10.5 Å². The fourth-order valence-corrected chi connectivity index (χ4v) is 2.27. The van der Waals surface area contributed by atoms with E-state index in [4.69, 9.17) is 26.8 Å². The second-order valence-electron chi connectivity index (χ2n) is 4.21. The number of benzene rings is 1. The molecule has 1 heterocycles. The third-order valence-corrected chi connectivity index (χ3v) is 2.96. The Hall–Kier alpha value is -1.10. The van der Waals surface area contributed by atoms with Crippen LogP contribution in [0.5, 0.6) is 5.75 Å². The van der Waals surface area contributed by atoms with E-state index in [2.05, 4.69) is 0 Å². The molecule has 0 unspecified atom stereocenters. The summed E-state index contributed by atoms with van der Waals surface area (Å²) in [5.74, 6) is 0.815. The molecule has 1 aliphatic heterocycles. The number of halogens is 1. The average Bonchev–Trinajstić information content (AvgIpc) is 2.77. The van der Waals surface area contributed by atoms with Crippen molar-refractivity contribution in [2.75, 3.05) is 26.4 Å². The van der Waals surface area contributed by atoms with Crippen LogP contribution in [0.25, 0.3) is 0 Å². The van der Waals surface area contributed by atoms with Gasteiger partial charge in [0.15, 0.2) is 5.78 Å². The van der Waals surface area contributed by atoms with E-state index >= 15 is 0 Å². The average molecular weight is 270 g/mol. The molecule has 1 aromatic carbocycles. The minimum atomic E-state index is 0.00316. The molecule has 0 saturated carbocycles. The van der Waals surface area contributed by atoms with Crippen molar-refractivity contribution in [1.82, 2.24) is 0 Å². The molecule has 0 bridgehead atoms. The van der Waals surface area contributed by atoms with Crippen molar-refractivity contribution in [2.24, 2.45) is 5.73 Å². The van der Waals surface area contributed by atoms with E-state index in [0.717, 1.165) is 23.3 Å². The molecule has 0 aromatic heterocycles. The van der Waals surface area contributed by atoms with Crippen molar-refractivity contribution >= 4 is 17.4 Å². The number of fused-ring (bicyclic) bond motifs is 1. The highest BCUT2D eigenvalue weighted by Crippen LogP contribution is 2.33. The van der Waals surface area contributed by atoms with Gasteiger partial charge in [-0.05, 0) is 17.7 Å². The molecule has 0 amide bonds. The van der Waals surface area contributed by atoms with Gasteiger partial charge in [0, 0.05) is 30.0 Å². The van der Waals surface area contributed by atoms with E-state index in [9.17, 15) is 4.79 Å². The van der Waals surface area contributed by atoms with Gasteiger partial charge >= 0.3 is 0 Å². The number of carbonyl (C=O) groups is 1. The van der Waals surface area contributed by atoms with Gasteiger partial charge in [-0.1, -0.05) is 11.6 Å². The van der Waals surface area contributed by atoms with Gasteiger partial charge < -0.3 is 15.2 Å². The van der Waals surface area contributed by atoms with Crippen molar-refractivity contribution < 1.29 is 14.3 Å². The maximum absolute atomic E-state index is 11.7. The van der Waals surface area contributed by atoms with Crippen molar-refractivity contribution in [2.45, 2.75) is 12.8 Å². The zero-order chi connectivity index (χ0) is 13.0. The highest BCUT2D eigenvalue weighted by molar-refractivity contribution is 6.30. The summed E-state index contributed by atoms with van der Waals surface area (Å²) in [4.78, 5) is 11.7. The maximum Gasteiger partial charge on any atom is 0.162 e. The lowest BCUT2D eigenvalue weighted by molar-refractivity contribution is -0.122. The smallest absolute Gasteiger partial charge is 0.162 e. The summed E-state index contributed by atoms with van der Waals surface area (Å²) in [6.07, 6.45) is 1.13. The Morgan fingerprint density at radius 2 is 2.33 bits per heavy atom. The number of Topliss-reactive ketones (excluding diaryl/α,β-unsaturated/α-hetero) is 1. The number of hydrogen-bond acceptors (Lipinski definition) is 4. The van der Waals surface area contributed by atoms with E-state index < -0.39 is 0 Å². The van der Waals surface area contributed by atoms with Crippen LogP contribution in [0.1, 0.15) is 11.1 Å². The SMILES string of the molecule is NCCOCC(=O)Cc1cc(Cl)cc2c1OCC2. The van der Waals surface area contributed by atoms with Crippen LogP contribution in [-0.2, 0) is 22.4 Å². The van der Waals surface area contributed by atoms with Crippen LogP contribution in [0.2, 0.25) is 5.02 Å². The summed E-state index contributed by atoms with van der Waals surface area (Å²) in [6, 6.07) is 3.68. The lowest BCUT2D eigenvalue weighted by atomic mass is 10.0. The summed E-state index contributed by atoms with van der Waals surface area (Å²) >= 11 is 6.02. The molecule has 2 N–H and O–H groups in total. The van der Waals surface area contributed by atoms with Gasteiger partial charge in [-0.2, -0.15) is 0 Å². The summed E-state index contributed by atoms with van der Waals surface area (Å²) in [5, 5.41) is 0.643. The molecule has 0 spiro atoms. The first-order valence-corrected chi connectivity index (χ1v) is 6.32. The molecule has 0 saturated heterocycles. The first-order valence-electron chi connectivity index (χ1n) is 5.94. The summed E-state index contributed by atoms with van der Waals surface area (Å²) in [7, 11) is 0. The minimum Gasteiger partial charge on any atom is -0.493 e. The minimum absolute atomic E-state index is 0.00316. The first kappa shape index (κ1) is 13.3. The van der Waals surface area contributed by atoms with Crippen LogP contribution >= 0.6 is 11.6 Å². The third kappa shape index (κ3) is 3.22. The van der Waals surface area contributed by atoms with Crippen LogP contribution in [0.3, 0.4) is 0 Å². The molecule has 0 atom stereocenters. The van der Waals surface area contributed by atoms with Gasteiger partial charge in [0.1, 0.15) is 12.4 Å². The number of hydrogen-bond donors (Lipinski definition) is 1. The Bertz CT molecular complexity index is 448. The fourth-order valence-electron chi connectivity index (χ4n) is 2.01. The molecule has 5 heteroatoms. The van der Waals surface area contributed by atoms with E-state index in [0.29, 0.717) is 24.8 Å². The standard InChI is InChI=1S/C13H16ClNO3/c14-11-5-9-1-3-18-13(9)10(6-11)7-12(16)8-17-4-2-15/h5-6H,1-4,7-8,15H2. The van der Waals surface area contributed by atoms with Gasteiger partial charge in [-0.3, -0.25) is 4.79 Å². The lowest BCUT2D eigenvalue weighted by Crippen LogP contribution is -2.16. The molecule has 2 rings (SSSR count). The zero-order valence-corrected chi connectivity index (χ0v) is 10.8. The van der Waals surface area contributed by atoms with Crippen molar-refractivity contribution in [1.29, 1.82) is 0 Å². The van der Waals surface area contributed by atoms with Crippen LogP contribution in [0, 0.1) is 0 Å². The Morgan fingerprint density at radius 3 is 3.11 bits per heavy atom. The van der Waals surface area contributed by atoms with Crippen LogP contribution in [0.4, 0.5) is 0 Å². The van der Waals surface area contributed by atoms with Gasteiger partial charge in [-0.15, -0.1) is 0 Å². The van der Waals surface area contributed by atoms with E-state index in [1.54, 1.807) is 6.07 Å². The molecule has 0 radical (unpaired) electrons. The van der Waals surface area contributed by atoms with Gasteiger partial charge in [0.05, 0.1) is 13.2 Å². The quantitative estimate of drug-likeness (QED) is 0.792. The van der Waals surface area contributed by atoms with Gasteiger partial charge in [0.25, 0.3) is 0 Å². The number of ketones is 1. The summed E-state index contributed by atoms with van der Waals surface area (Å²) < 4.78 is 10.7. The molecular weight excluding hydrogens is 254 g/mol. The Kier molecular flexibility index (Phi) is 4.58. The normalized spacial score (nSPS) is 13.2. The van der Waals surface area contributed by atoms with Gasteiger partial charge in [0.2, 0.25) is 0 Å². The van der Waals surface area contributed by atoms with E-state index in [1.807, 2.05) is 6.07 Å². The second kappa shape index (κ2) is 6.18. The molecule has 1 aliphatic rings. The topological polar surface area (TPSA) is 61.5 Å². The summed E-state index contributed by atoms with van der Waals surface area (Å²) in [5.41, 5.74) is 7.21. The predicted molar refractivity (Wildman–Crippen MR) is 69.2 cm³/mol.